The highest BCUT2D eigenvalue weighted by molar-refractivity contribution is 5.68. The second kappa shape index (κ2) is 5.04. The number of hydrogen-bond donors (Lipinski definition) is 1. The van der Waals surface area contributed by atoms with E-state index in [1.807, 2.05) is 0 Å². The molecule has 0 saturated carbocycles. The smallest absolute Gasteiger partial charge is 0.304 e. The molecule has 6 heteroatoms. The van der Waals surface area contributed by atoms with Crippen molar-refractivity contribution in [2.45, 2.75) is 12.3 Å². The Morgan fingerprint density at radius 3 is 2.60 bits per heavy atom. The molecule has 0 saturated heterocycles. The molecule has 0 aromatic carbocycles. The predicted molar refractivity (Wildman–Crippen MR) is 51.1 cm³/mol. The molecule has 1 unspecified atom stereocenters. The van der Waals surface area contributed by atoms with E-state index in [0.717, 1.165) is 0 Å². The number of aliphatic carboxylic acids is 1. The maximum atomic E-state index is 10.5. The third-order valence-electron chi connectivity index (χ3n) is 1.97. The molecular weight excluding hydrogens is 200 g/mol. The maximum Gasteiger partial charge on any atom is 0.304 e. The van der Waals surface area contributed by atoms with Crippen molar-refractivity contribution in [3.05, 3.63) is 40.2 Å². The van der Waals surface area contributed by atoms with E-state index in [2.05, 4.69) is 4.98 Å². The van der Waals surface area contributed by atoms with E-state index in [0.29, 0.717) is 5.56 Å². The summed E-state index contributed by atoms with van der Waals surface area (Å²) in [4.78, 5) is 24.2. The highest BCUT2D eigenvalue weighted by Crippen LogP contribution is 2.18. The van der Waals surface area contributed by atoms with Crippen molar-refractivity contribution in [1.82, 2.24) is 4.98 Å². The molecule has 0 spiro atoms. The molecule has 1 rings (SSSR count). The van der Waals surface area contributed by atoms with Crippen LogP contribution < -0.4 is 0 Å². The van der Waals surface area contributed by atoms with Crippen LogP contribution in [0.15, 0.2) is 24.5 Å². The molecule has 1 aromatic heterocycles. The number of carbonyl (C=O) groups is 1. The molecule has 0 aliphatic rings. The number of rotatable bonds is 5. The van der Waals surface area contributed by atoms with E-state index in [4.69, 9.17) is 5.11 Å². The van der Waals surface area contributed by atoms with E-state index in [-0.39, 0.29) is 13.0 Å². The number of nitrogens with zero attached hydrogens (tertiary/aromatic N) is 2. The van der Waals surface area contributed by atoms with Crippen molar-refractivity contribution in [3.8, 4) is 0 Å². The standard InChI is InChI=1S/C9H10N2O4/c12-9(13)5-8(6-11(14)15)7-1-3-10-4-2-7/h1-4,8H,5-6H2,(H,12,13). The zero-order valence-electron chi connectivity index (χ0n) is 7.87. The first-order valence-corrected chi connectivity index (χ1v) is 4.33. The van der Waals surface area contributed by atoms with Crippen LogP contribution in [0.1, 0.15) is 17.9 Å². The van der Waals surface area contributed by atoms with Gasteiger partial charge >= 0.3 is 5.97 Å². The molecule has 1 N–H and O–H groups in total. The van der Waals surface area contributed by atoms with Crippen LogP contribution >= 0.6 is 0 Å². The minimum Gasteiger partial charge on any atom is -0.481 e. The number of nitro groups is 1. The molecule has 0 radical (unpaired) electrons. The average Bonchev–Trinajstić information content (AvgIpc) is 2.17. The highest BCUT2D eigenvalue weighted by Gasteiger charge is 2.20. The van der Waals surface area contributed by atoms with Crippen molar-refractivity contribution < 1.29 is 14.8 Å². The lowest BCUT2D eigenvalue weighted by atomic mass is 9.97. The maximum absolute atomic E-state index is 10.5. The molecule has 6 nitrogen and oxygen atoms in total. The van der Waals surface area contributed by atoms with Gasteiger partial charge in [-0.05, 0) is 17.7 Å². The first-order valence-electron chi connectivity index (χ1n) is 4.33. The molecule has 0 aliphatic heterocycles. The summed E-state index contributed by atoms with van der Waals surface area (Å²) >= 11 is 0. The van der Waals surface area contributed by atoms with Crippen molar-refractivity contribution >= 4 is 5.97 Å². The highest BCUT2D eigenvalue weighted by atomic mass is 16.6. The monoisotopic (exact) mass is 210 g/mol. The van der Waals surface area contributed by atoms with Gasteiger partial charge in [-0.15, -0.1) is 0 Å². The van der Waals surface area contributed by atoms with Crippen LogP contribution in [0.4, 0.5) is 0 Å². The molecule has 0 fully saturated rings. The predicted octanol–water partition coefficient (Wildman–Crippen LogP) is 0.917. The quantitative estimate of drug-likeness (QED) is 0.576. The number of pyridine rings is 1. The van der Waals surface area contributed by atoms with Gasteiger partial charge in [-0.3, -0.25) is 19.9 Å². The van der Waals surface area contributed by atoms with Gasteiger partial charge in [0.05, 0.1) is 12.3 Å². The van der Waals surface area contributed by atoms with Gasteiger partial charge in [0.2, 0.25) is 6.54 Å². The van der Waals surface area contributed by atoms with Crippen molar-refractivity contribution in [2.24, 2.45) is 0 Å². The summed E-state index contributed by atoms with van der Waals surface area (Å²) in [5, 5.41) is 19.0. The fourth-order valence-corrected chi connectivity index (χ4v) is 1.31. The first-order chi connectivity index (χ1) is 7.09. The fraction of sp³-hybridized carbons (Fsp3) is 0.333. The van der Waals surface area contributed by atoms with Crippen LogP contribution in [-0.2, 0) is 4.79 Å². The lowest BCUT2D eigenvalue weighted by molar-refractivity contribution is -0.483. The van der Waals surface area contributed by atoms with Crippen molar-refractivity contribution in [3.63, 3.8) is 0 Å². The van der Waals surface area contributed by atoms with E-state index in [1.165, 1.54) is 12.4 Å². The Morgan fingerprint density at radius 2 is 2.13 bits per heavy atom. The normalized spacial score (nSPS) is 12.0. The Labute approximate surface area is 85.7 Å². The lowest BCUT2D eigenvalue weighted by Crippen LogP contribution is -2.16. The molecule has 1 heterocycles. The largest absolute Gasteiger partial charge is 0.481 e. The second-order valence-corrected chi connectivity index (χ2v) is 3.09. The minimum atomic E-state index is -1.04. The zero-order chi connectivity index (χ0) is 11.3. The molecule has 0 amide bonds. The molecule has 15 heavy (non-hydrogen) atoms. The summed E-state index contributed by atoms with van der Waals surface area (Å²) in [7, 11) is 0. The summed E-state index contributed by atoms with van der Waals surface area (Å²) in [6.07, 6.45) is 2.74. The van der Waals surface area contributed by atoms with Gasteiger partial charge in [0.1, 0.15) is 0 Å². The summed E-state index contributed by atoms with van der Waals surface area (Å²) < 4.78 is 0. The molecule has 80 valence electrons. The second-order valence-electron chi connectivity index (χ2n) is 3.09. The van der Waals surface area contributed by atoms with Gasteiger partial charge in [0, 0.05) is 17.3 Å². The van der Waals surface area contributed by atoms with Crippen LogP contribution in [0.2, 0.25) is 0 Å². The van der Waals surface area contributed by atoms with Gasteiger partial charge in [-0.2, -0.15) is 0 Å². The van der Waals surface area contributed by atoms with Crippen molar-refractivity contribution in [2.75, 3.05) is 6.54 Å². The summed E-state index contributed by atoms with van der Waals surface area (Å²) in [6, 6.07) is 3.19. The summed E-state index contributed by atoms with van der Waals surface area (Å²) in [6.45, 7) is -0.379. The molecule has 0 aliphatic carbocycles. The third-order valence-corrected chi connectivity index (χ3v) is 1.97. The van der Waals surface area contributed by atoms with Crippen LogP contribution in [0, 0.1) is 10.1 Å². The van der Waals surface area contributed by atoms with Gasteiger partial charge in [0.15, 0.2) is 0 Å². The Bertz CT molecular complexity index is 336. The number of carboxylic acids is 1. The van der Waals surface area contributed by atoms with Crippen LogP contribution in [0.25, 0.3) is 0 Å². The summed E-state index contributed by atoms with van der Waals surface area (Å²) in [5.74, 6) is -1.64. The molecular formula is C9H10N2O4. The summed E-state index contributed by atoms with van der Waals surface area (Å²) in [5.41, 5.74) is 0.629. The van der Waals surface area contributed by atoms with Crippen LogP contribution in [-0.4, -0.2) is 27.5 Å². The zero-order valence-corrected chi connectivity index (χ0v) is 7.87. The van der Waals surface area contributed by atoms with E-state index >= 15 is 0 Å². The Balaban J connectivity index is 2.81. The first kappa shape index (κ1) is 11.1. The number of carboxylic acid groups (broad SMARTS) is 1. The van der Waals surface area contributed by atoms with Gasteiger partial charge in [-0.25, -0.2) is 0 Å². The van der Waals surface area contributed by atoms with E-state index in [1.54, 1.807) is 12.1 Å². The molecule has 0 bridgehead atoms. The molecule has 1 aromatic rings. The Hall–Kier alpha value is -1.98. The van der Waals surface area contributed by atoms with Crippen LogP contribution in [0.3, 0.4) is 0 Å². The minimum absolute atomic E-state index is 0.245. The Kier molecular flexibility index (Phi) is 3.73. The third kappa shape index (κ3) is 3.72. The SMILES string of the molecule is O=C(O)CC(C[N+](=O)[O-])c1ccncc1. The number of aromatic nitrogens is 1. The van der Waals surface area contributed by atoms with Crippen LogP contribution in [0.5, 0.6) is 0 Å². The average molecular weight is 210 g/mol. The van der Waals surface area contributed by atoms with E-state index in [9.17, 15) is 14.9 Å². The van der Waals surface area contributed by atoms with E-state index < -0.39 is 16.8 Å². The topological polar surface area (TPSA) is 93.3 Å². The van der Waals surface area contributed by atoms with Crippen molar-refractivity contribution in [1.29, 1.82) is 0 Å². The van der Waals surface area contributed by atoms with Gasteiger partial charge in [0.25, 0.3) is 0 Å². The fourth-order valence-electron chi connectivity index (χ4n) is 1.31. The number of hydrogen-bond acceptors (Lipinski definition) is 4. The lowest BCUT2D eigenvalue weighted by Gasteiger charge is -2.09. The molecule has 1 atom stereocenters. The Morgan fingerprint density at radius 1 is 1.53 bits per heavy atom. The van der Waals surface area contributed by atoms with Gasteiger partial charge in [-0.1, -0.05) is 0 Å². The van der Waals surface area contributed by atoms with Gasteiger partial charge < -0.3 is 5.11 Å².